The molecule has 90 valence electrons. The van der Waals surface area contributed by atoms with E-state index in [1.54, 1.807) is 6.07 Å². The van der Waals surface area contributed by atoms with Crippen LogP contribution in [0.2, 0.25) is 5.02 Å². The summed E-state index contributed by atoms with van der Waals surface area (Å²) in [6, 6.07) is 3.10. The summed E-state index contributed by atoms with van der Waals surface area (Å²) in [7, 11) is 0. The van der Waals surface area contributed by atoms with Gasteiger partial charge in [-0.1, -0.05) is 11.6 Å². The summed E-state index contributed by atoms with van der Waals surface area (Å²) in [5, 5.41) is 9.71. The Balaban J connectivity index is 3.20. The zero-order valence-electron chi connectivity index (χ0n) is 9.83. The fourth-order valence-electron chi connectivity index (χ4n) is 1.53. The molecule has 0 aliphatic carbocycles. The van der Waals surface area contributed by atoms with Crippen molar-refractivity contribution < 1.29 is 9.84 Å². The van der Waals surface area contributed by atoms with Gasteiger partial charge in [-0.15, -0.1) is 0 Å². The summed E-state index contributed by atoms with van der Waals surface area (Å²) in [5.74, 6) is 0.723. The minimum Gasteiger partial charge on any atom is -0.490 e. The highest BCUT2D eigenvalue weighted by Gasteiger charge is 2.16. The van der Waals surface area contributed by atoms with E-state index in [0.717, 1.165) is 16.9 Å². The van der Waals surface area contributed by atoms with Crippen molar-refractivity contribution in [2.45, 2.75) is 32.9 Å². The van der Waals surface area contributed by atoms with E-state index in [4.69, 9.17) is 27.2 Å². The molecule has 0 fully saturated rings. The number of benzene rings is 1. The number of nitrogens with two attached hydrogens (primary N) is 1. The molecule has 0 aliphatic rings. The van der Waals surface area contributed by atoms with Crippen LogP contribution >= 0.6 is 11.6 Å². The standard InChI is InChI=1S/C12H18ClNO2/c1-7(2)16-12-8(3)4-9(13)5-10(12)11(14)6-15/h4-5,7,11,15H,6,14H2,1-3H3. The van der Waals surface area contributed by atoms with Gasteiger partial charge in [0, 0.05) is 10.6 Å². The minimum atomic E-state index is -0.467. The Hall–Kier alpha value is -0.770. The molecule has 1 unspecified atom stereocenters. The molecule has 1 rings (SSSR count). The summed E-state index contributed by atoms with van der Waals surface area (Å²) in [6.45, 7) is 5.68. The van der Waals surface area contributed by atoms with Gasteiger partial charge in [0.1, 0.15) is 5.75 Å². The molecule has 0 aliphatic heterocycles. The van der Waals surface area contributed by atoms with Gasteiger partial charge in [-0.05, 0) is 38.5 Å². The lowest BCUT2D eigenvalue weighted by Crippen LogP contribution is -2.18. The molecule has 4 heteroatoms. The second-order valence-electron chi connectivity index (χ2n) is 4.10. The van der Waals surface area contributed by atoms with Gasteiger partial charge in [0.2, 0.25) is 0 Å². The summed E-state index contributed by atoms with van der Waals surface area (Å²) in [6.07, 6.45) is 0.0597. The predicted molar refractivity (Wildman–Crippen MR) is 66.0 cm³/mol. The molecule has 3 nitrogen and oxygen atoms in total. The van der Waals surface area contributed by atoms with Crippen molar-refractivity contribution in [1.82, 2.24) is 0 Å². The van der Waals surface area contributed by atoms with Crippen molar-refractivity contribution in [2.24, 2.45) is 5.73 Å². The van der Waals surface area contributed by atoms with Gasteiger partial charge in [-0.3, -0.25) is 0 Å². The van der Waals surface area contributed by atoms with E-state index in [2.05, 4.69) is 0 Å². The van der Waals surface area contributed by atoms with Crippen molar-refractivity contribution in [2.75, 3.05) is 6.61 Å². The molecule has 0 heterocycles. The molecule has 0 aromatic heterocycles. The zero-order chi connectivity index (χ0) is 12.3. The maximum Gasteiger partial charge on any atom is 0.127 e. The number of aliphatic hydroxyl groups excluding tert-OH is 1. The summed E-state index contributed by atoms with van der Waals surface area (Å²) in [5.41, 5.74) is 7.50. The van der Waals surface area contributed by atoms with Crippen LogP contribution in [-0.4, -0.2) is 17.8 Å². The average molecular weight is 244 g/mol. The van der Waals surface area contributed by atoms with Gasteiger partial charge in [0.25, 0.3) is 0 Å². The average Bonchev–Trinajstić information content (AvgIpc) is 2.20. The molecule has 0 amide bonds. The quantitative estimate of drug-likeness (QED) is 0.854. The van der Waals surface area contributed by atoms with E-state index < -0.39 is 6.04 Å². The summed E-state index contributed by atoms with van der Waals surface area (Å²) in [4.78, 5) is 0. The molecule has 1 aromatic carbocycles. The number of halogens is 1. The SMILES string of the molecule is Cc1cc(Cl)cc(C(N)CO)c1OC(C)C. The molecule has 3 N–H and O–H groups in total. The van der Waals surface area contributed by atoms with Crippen molar-refractivity contribution in [3.8, 4) is 5.75 Å². The molecule has 16 heavy (non-hydrogen) atoms. The third-order valence-corrected chi connectivity index (χ3v) is 2.44. The van der Waals surface area contributed by atoms with Crippen LogP contribution < -0.4 is 10.5 Å². The van der Waals surface area contributed by atoms with Gasteiger partial charge in [0.05, 0.1) is 18.8 Å². The molecular weight excluding hydrogens is 226 g/mol. The van der Waals surface area contributed by atoms with Gasteiger partial charge >= 0.3 is 0 Å². The second kappa shape index (κ2) is 5.53. The summed E-state index contributed by atoms with van der Waals surface area (Å²) >= 11 is 5.97. The maximum absolute atomic E-state index is 9.10. The first-order chi connectivity index (χ1) is 7.45. The van der Waals surface area contributed by atoms with E-state index in [-0.39, 0.29) is 12.7 Å². The number of aliphatic hydroxyl groups is 1. The number of ether oxygens (including phenoxy) is 1. The van der Waals surface area contributed by atoms with E-state index in [0.29, 0.717) is 5.02 Å². The van der Waals surface area contributed by atoms with Crippen molar-refractivity contribution in [3.05, 3.63) is 28.3 Å². The highest BCUT2D eigenvalue weighted by Crippen LogP contribution is 2.32. The number of rotatable bonds is 4. The molecule has 0 spiro atoms. The Bertz CT molecular complexity index is 366. The van der Waals surface area contributed by atoms with Gasteiger partial charge in [0.15, 0.2) is 0 Å². The molecule has 0 radical (unpaired) electrons. The lowest BCUT2D eigenvalue weighted by atomic mass is 10.0. The van der Waals surface area contributed by atoms with Gasteiger partial charge < -0.3 is 15.6 Å². The van der Waals surface area contributed by atoms with Crippen molar-refractivity contribution in [3.63, 3.8) is 0 Å². The van der Waals surface area contributed by atoms with Crippen LogP contribution in [0.25, 0.3) is 0 Å². The van der Waals surface area contributed by atoms with Crippen LogP contribution in [0.3, 0.4) is 0 Å². The van der Waals surface area contributed by atoms with Crippen LogP contribution in [-0.2, 0) is 0 Å². The lowest BCUT2D eigenvalue weighted by Gasteiger charge is -2.20. The number of hydrogen-bond donors (Lipinski definition) is 2. The van der Waals surface area contributed by atoms with Crippen LogP contribution in [0.1, 0.15) is 31.0 Å². The first kappa shape index (κ1) is 13.3. The fourth-order valence-corrected chi connectivity index (χ4v) is 1.81. The third-order valence-electron chi connectivity index (χ3n) is 2.22. The normalized spacial score (nSPS) is 12.9. The molecular formula is C12H18ClNO2. The minimum absolute atomic E-state index is 0.0597. The Labute approximate surface area is 101 Å². The molecule has 1 atom stereocenters. The Morgan fingerprint density at radius 3 is 2.56 bits per heavy atom. The Morgan fingerprint density at radius 2 is 2.06 bits per heavy atom. The highest BCUT2D eigenvalue weighted by molar-refractivity contribution is 6.30. The smallest absolute Gasteiger partial charge is 0.127 e. The van der Waals surface area contributed by atoms with E-state index in [9.17, 15) is 0 Å². The Morgan fingerprint density at radius 1 is 1.44 bits per heavy atom. The second-order valence-corrected chi connectivity index (χ2v) is 4.53. The lowest BCUT2D eigenvalue weighted by molar-refractivity contribution is 0.228. The van der Waals surface area contributed by atoms with Crippen LogP contribution in [0.5, 0.6) is 5.75 Å². The predicted octanol–water partition coefficient (Wildman–Crippen LogP) is 2.43. The third kappa shape index (κ3) is 3.11. The first-order valence-electron chi connectivity index (χ1n) is 5.28. The Kier molecular flexibility index (Phi) is 4.59. The fraction of sp³-hybridized carbons (Fsp3) is 0.500. The van der Waals surface area contributed by atoms with E-state index >= 15 is 0 Å². The monoisotopic (exact) mass is 243 g/mol. The van der Waals surface area contributed by atoms with Gasteiger partial charge in [-0.25, -0.2) is 0 Å². The van der Waals surface area contributed by atoms with E-state index in [1.165, 1.54) is 0 Å². The van der Waals surface area contributed by atoms with Crippen LogP contribution in [0.15, 0.2) is 12.1 Å². The van der Waals surface area contributed by atoms with Crippen molar-refractivity contribution >= 4 is 11.6 Å². The van der Waals surface area contributed by atoms with Crippen LogP contribution in [0.4, 0.5) is 0 Å². The maximum atomic E-state index is 9.10. The zero-order valence-corrected chi connectivity index (χ0v) is 10.6. The number of hydrogen-bond acceptors (Lipinski definition) is 3. The van der Waals surface area contributed by atoms with Gasteiger partial charge in [-0.2, -0.15) is 0 Å². The van der Waals surface area contributed by atoms with Crippen molar-refractivity contribution in [1.29, 1.82) is 0 Å². The highest BCUT2D eigenvalue weighted by atomic mass is 35.5. The topological polar surface area (TPSA) is 55.5 Å². The molecule has 0 bridgehead atoms. The molecule has 1 aromatic rings. The van der Waals surface area contributed by atoms with Crippen LogP contribution in [0, 0.1) is 6.92 Å². The molecule has 0 saturated carbocycles. The van der Waals surface area contributed by atoms with E-state index in [1.807, 2.05) is 26.8 Å². The summed E-state index contributed by atoms with van der Waals surface area (Å²) < 4.78 is 5.70. The number of aryl methyl sites for hydroxylation is 1. The molecule has 0 saturated heterocycles. The first-order valence-corrected chi connectivity index (χ1v) is 5.66. The largest absolute Gasteiger partial charge is 0.490 e.